The van der Waals surface area contributed by atoms with Crippen LogP contribution in [0.3, 0.4) is 0 Å². The third kappa shape index (κ3) is 3.73. The van der Waals surface area contributed by atoms with E-state index in [4.69, 9.17) is 9.47 Å². The SMILES string of the molecule is CCOC(=O)COc1ccc(C(C)=O)cc1. The van der Waals surface area contributed by atoms with Crippen LogP contribution in [-0.2, 0) is 9.53 Å². The molecule has 86 valence electrons. The van der Waals surface area contributed by atoms with Crippen LogP contribution in [0.1, 0.15) is 24.2 Å². The van der Waals surface area contributed by atoms with Gasteiger partial charge in [0.15, 0.2) is 12.4 Å². The van der Waals surface area contributed by atoms with Crippen molar-refractivity contribution in [2.24, 2.45) is 0 Å². The van der Waals surface area contributed by atoms with Crippen molar-refractivity contribution in [3.63, 3.8) is 0 Å². The van der Waals surface area contributed by atoms with Gasteiger partial charge in [0.1, 0.15) is 5.75 Å². The van der Waals surface area contributed by atoms with E-state index >= 15 is 0 Å². The van der Waals surface area contributed by atoms with E-state index in [-0.39, 0.29) is 12.4 Å². The molecule has 0 spiro atoms. The van der Waals surface area contributed by atoms with Gasteiger partial charge in [-0.3, -0.25) is 4.79 Å². The van der Waals surface area contributed by atoms with Crippen molar-refractivity contribution in [1.29, 1.82) is 0 Å². The predicted octanol–water partition coefficient (Wildman–Crippen LogP) is 1.83. The number of hydrogen-bond donors (Lipinski definition) is 0. The lowest BCUT2D eigenvalue weighted by Crippen LogP contribution is -2.14. The number of Topliss-reactive ketones (excluding diaryl/α,β-unsaturated/α-hetero) is 1. The molecule has 0 fully saturated rings. The average Bonchev–Trinajstić information content (AvgIpc) is 2.27. The molecule has 0 radical (unpaired) electrons. The molecule has 16 heavy (non-hydrogen) atoms. The Balaban J connectivity index is 2.49. The van der Waals surface area contributed by atoms with Crippen molar-refractivity contribution in [3.8, 4) is 5.75 Å². The van der Waals surface area contributed by atoms with Gasteiger partial charge in [-0.05, 0) is 38.1 Å². The van der Waals surface area contributed by atoms with E-state index in [1.165, 1.54) is 6.92 Å². The highest BCUT2D eigenvalue weighted by atomic mass is 16.6. The summed E-state index contributed by atoms with van der Waals surface area (Å²) in [7, 11) is 0. The average molecular weight is 222 g/mol. The van der Waals surface area contributed by atoms with Crippen LogP contribution in [0.5, 0.6) is 5.75 Å². The van der Waals surface area contributed by atoms with E-state index in [0.29, 0.717) is 17.9 Å². The number of benzene rings is 1. The van der Waals surface area contributed by atoms with E-state index in [9.17, 15) is 9.59 Å². The third-order valence-corrected chi connectivity index (χ3v) is 1.92. The standard InChI is InChI=1S/C12H14O4/c1-3-15-12(14)8-16-11-6-4-10(5-7-11)9(2)13/h4-7H,3,8H2,1-2H3. The number of carbonyl (C=O) groups is 2. The van der Waals surface area contributed by atoms with Gasteiger partial charge in [-0.25, -0.2) is 4.79 Å². The quantitative estimate of drug-likeness (QED) is 0.563. The molecule has 4 nitrogen and oxygen atoms in total. The predicted molar refractivity (Wildman–Crippen MR) is 58.6 cm³/mol. The Morgan fingerprint density at radius 1 is 1.19 bits per heavy atom. The minimum atomic E-state index is -0.404. The summed E-state index contributed by atoms with van der Waals surface area (Å²) in [5.41, 5.74) is 0.614. The number of ether oxygens (including phenoxy) is 2. The maximum absolute atomic E-state index is 11.0. The normalized spacial score (nSPS) is 9.62. The van der Waals surface area contributed by atoms with Gasteiger partial charge < -0.3 is 9.47 Å². The lowest BCUT2D eigenvalue weighted by Gasteiger charge is -2.05. The van der Waals surface area contributed by atoms with Crippen molar-refractivity contribution >= 4 is 11.8 Å². The fourth-order valence-corrected chi connectivity index (χ4v) is 1.13. The first kappa shape index (κ1) is 12.2. The Labute approximate surface area is 94.2 Å². The van der Waals surface area contributed by atoms with Crippen LogP contribution in [0.25, 0.3) is 0 Å². The molecule has 0 atom stereocenters. The topological polar surface area (TPSA) is 52.6 Å². The number of esters is 1. The Hall–Kier alpha value is -1.84. The van der Waals surface area contributed by atoms with Crippen LogP contribution in [0.15, 0.2) is 24.3 Å². The summed E-state index contributed by atoms with van der Waals surface area (Å²) in [6.07, 6.45) is 0. The van der Waals surface area contributed by atoms with Gasteiger partial charge in [-0.2, -0.15) is 0 Å². The van der Waals surface area contributed by atoms with Gasteiger partial charge >= 0.3 is 5.97 Å². The second-order valence-corrected chi connectivity index (χ2v) is 3.17. The Morgan fingerprint density at radius 2 is 1.81 bits per heavy atom. The molecule has 0 amide bonds. The molecule has 0 saturated heterocycles. The summed E-state index contributed by atoms with van der Waals surface area (Å²) in [5.74, 6) is 0.133. The molecule has 0 heterocycles. The van der Waals surface area contributed by atoms with E-state index in [1.807, 2.05) is 0 Å². The largest absolute Gasteiger partial charge is 0.482 e. The lowest BCUT2D eigenvalue weighted by molar-refractivity contribution is -0.145. The molecule has 0 aliphatic carbocycles. The first-order chi connectivity index (χ1) is 7.63. The molecule has 1 rings (SSSR count). The minimum absolute atomic E-state index is 0.00283. The van der Waals surface area contributed by atoms with Crippen LogP contribution in [0.2, 0.25) is 0 Å². The monoisotopic (exact) mass is 222 g/mol. The van der Waals surface area contributed by atoms with Gasteiger partial charge in [0.25, 0.3) is 0 Å². The fourth-order valence-electron chi connectivity index (χ4n) is 1.13. The molecule has 0 unspecified atom stereocenters. The molecule has 0 saturated carbocycles. The summed E-state index contributed by atoms with van der Waals surface area (Å²) >= 11 is 0. The molecule has 1 aromatic carbocycles. The lowest BCUT2D eigenvalue weighted by atomic mass is 10.1. The molecular weight excluding hydrogens is 208 g/mol. The van der Waals surface area contributed by atoms with Crippen molar-refractivity contribution in [2.45, 2.75) is 13.8 Å². The van der Waals surface area contributed by atoms with Gasteiger partial charge in [0.05, 0.1) is 6.61 Å². The second kappa shape index (κ2) is 5.90. The van der Waals surface area contributed by atoms with Crippen molar-refractivity contribution < 1.29 is 19.1 Å². The van der Waals surface area contributed by atoms with Crippen molar-refractivity contribution in [2.75, 3.05) is 13.2 Å². The molecule has 0 aliphatic heterocycles. The molecule has 0 bridgehead atoms. The molecular formula is C12H14O4. The molecule has 0 aromatic heterocycles. The maximum Gasteiger partial charge on any atom is 0.344 e. The highest BCUT2D eigenvalue weighted by Gasteiger charge is 2.03. The van der Waals surface area contributed by atoms with Gasteiger partial charge in [-0.1, -0.05) is 0 Å². The zero-order valence-corrected chi connectivity index (χ0v) is 9.36. The third-order valence-electron chi connectivity index (χ3n) is 1.92. The van der Waals surface area contributed by atoms with Crippen LogP contribution < -0.4 is 4.74 Å². The number of carbonyl (C=O) groups excluding carboxylic acids is 2. The highest BCUT2D eigenvalue weighted by Crippen LogP contribution is 2.12. The number of ketones is 1. The second-order valence-electron chi connectivity index (χ2n) is 3.17. The zero-order chi connectivity index (χ0) is 12.0. The maximum atomic E-state index is 11.0. The number of rotatable bonds is 5. The van der Waals surface area contributed by atoms with E-state index in [2.05, 4.69) is 0 Å². The number of hydrogen-bond acceptors (Lipinski definition) is 4. The van der Waals surface area contributed by atoms with E-state index in [1.54, 1.807) is 31.2 Å². The highest BCUT2D eigenvalue weighted by molar-refractivity contribution is 5.94. The van der Waals surface area contributed by atoms with Gasteiger partial charge in [0.2, 0.25) is 0 Å². The van der Waals surface area contributed by atoms with Crippen molar-refractivity contribution in [3.05, 3.63) is 29.8 Å². The van der Waals surface area contributed by atoms with Gasteiger partial charge in [-0.15, -0.1) is 0 Å². The smallest absolute Gasteiger partial charge is 0.344 e. The van der Waals surface area contributed by atoms with Crippen LogP contribution >= 0.6 is 0 Å². The molecule has 1 aromatic rings. The van der Waals surface area contributed by atoms with Crippen LogP contribution in [0.4, 0.5) is 0 Å². The summed E-state index contributed by atoms with van der Waals surface area (Å²) < 4.78 is 9.88. The Kier molecular flexibility index (Phi) is 4.51. The van der Waals surface area contributed by atoms with E-state index in [0.717, 1.165) is 0 Å². The summed E-state index contributed by atoms with van der Waals surface area (Å²) in [5, 5.41) is 0. The molecule has 0 N–H and O–H groups in total. The molecule has 4 heteroatoms. The zero-order valence-electron chi connectivity index (χ0n) is 9.36. The van der Waals surface area contributed by atoms with Crippen molar-refractivity contribution in [1.82, 2.24) is 0 Å². The van der Waals surface area contributed by atoms with Gasteiger partial charge in [0, 0.05) is 5.56 Å². The minimum Gasteiger partial charge on any atom is -0.482 e. The Bertz CT molecular complexity index is 367. The van der Waals surface area contributed by atoms with Crippen LogP contribution in [0, 0.1) is 0 Å². The van der Waals surface area contributed by atoms with E-state index < -0.39 is 5.97 Å². The summed E-state index contributed by atoms with van der Waals surface area (Å²) in [6, 6.07) is 6.61. The molecule has 0 aliphatic rings. The van der Waals surface area contributed by atoms with Crippen LogP contribution in [-0.4, -0.2) is 25.0 Å². The first-order valence-electron chi connectivity index (χ1n) is 5.03. The summed E-state index contributed by atoms with van der Waals surface area (Å²) in [6.45, 7) is 3.45. The summed E-state index contributed by atoms with van der Waals surface area (Å²) in [4.78, 5) is 22.0. The fraction of sp³-hybridized carbons (Fsp3) is 0.333. The first-order valence-corrected chi connectivity index (χ1v) is 5.03. The Morgan fingerprint density at radius 3 is 2.31 bits per heavy atom.